The summed E-state index contributed by atoms with van der Waals surface area (Å²) in [4.78, 5) is 11.6. The Bertz CT molecular complexity index is 332. The molecular weight excluding hydrogens is 196 g/mol. The first-order valence-corrected chi connectivity index (χ1v) is 4.78. The molecule has 4 heteroatoms. The number of ketones is 1. The zero-order chi connectivity index (χ0) is 10.7. The average molecular weight is 208 g/mol. The van der Waals surface area contributed by atoms with E-state index in [1.165, 1.54) is 0 Å². The van der Waals surface area contributed by atoms with Crippen molar-refractivity contribution < 1.29 is 19.4 Å². The number of carbonyl (C=O) groups excluding carboxylic acids is 1. The van der Waals surface area contributed by atoms with E-state index in [4.69, 9.17) is 9.47 Å². The van der Waals surface area contributed by atoms with Crippen LogP contribution in [-0.4, -0.2) is 36.5 Å². The number of rotatable bonds is 5. The highest BCUT2D eigenvalue weighted by Crippen LogP contribution is 2.11. The Labute approximate surface area is 87.4 Å². The third-order valence-corrected chi connectivity index (χ3v) is 2.12. The van der Waals surface area contributed by atoms with Crippen molar-refractivity contribution in [2.45, 2.75) is 12.4 Å². The molecular formula is C11H12O4. The van der Waals surface area contributed by atoms with Gasteiger partial charge in [-0.1, -0.05) is 30.3 Å². The molecule has 0 radical (unpaired) electrons. The van der Waals surface area contributed by atoms with E-state index in [-0.39, 0.29) is 12.7 Å². The first kappa shape index (κ1) is 10.3. The van der Waals surface area contributed by atoms with Gasteiger partial charge in [0.2, 0.25) is 12.1 Å². The van der Waals surface area contributed by atoms with Crippen LogP contribution >= 0.6 is 0 Å². The van der Waals surface area contributed by atoms with Gasteiger partial charge in [0.25, 0.3) is 0 Å². The van der Waals surface area contributed by atoms with E-state index >= 15 is 0 Å². The van der Waals surface area contributed by atoms with Crippen LogP contribution in [0.2, 0.25) is 0 Å². The van der Waals surface area contributed by atoms with Crippen LogP contribution in [0.25, 0.3) is 0 Å². The number of carbonyl (C=O) groups is 1. The van der Waals surface area contributed by atoms with Gasteiger partial charge >= 0.3 is 0 Å². The van der Waals surface area contributed by atoms with Gasteiger partial charge in [-0.15, -0.1) is 0 Å². The van der Waals surface area contributed by atoms with Gasteiger partial charge in [-0.2, -0.15) is 0 Å². The Morgan fingerprint density at radius 3 is 2.80 bits per heavy atom. The van der Waals surface area contributed by atoms with E-state index in [1.807, 2.05) is 6.07 Å². The molecule has 1 fully saturated rings. The second-order valence-corrected chi connectivity index (χ2v) is 3.37. The highest BCUT2D eigenvalue weighted by Gasteiger charge is 2.26. The summed E-state index contributed by atoms with van der Waals surface area (Å²) in [5.74, 6) is -0.420. The molecule has 1 saturated heterocycles. The number of aliphatic hydroxyl groups excluding tert-OH is 1. The van der Waals surface area contributed by atoms with Crippen LogP contribution in [0.5, 0.6) is 0 Å². The van der Waals surface area contributed by atoms with Gasteiger partial charge in [0.05, 0.1) is 13.2 Å². The number of ether oxygens (including phenoxy) is 2. The Balaban J connectivity index is 1.88. The molecule has 2 rings (SSSR count). The maximum absolute atomic E-state index is 11.6. The maximum Gasteiger partial charge on any atom is 0.220 e. The predicted molar refractivity (Wildman–Crippen MR) is 52.5 cm³/mol. The van der Waals surface area contributed by atoms with Crippen molar-refractivity contribution in [1.29, 1.82) is 0 Å². The molecule has 0 saturated carbocycles. The molecule has 1 aliphatic heterocycles. The average Bonchev–Trinajstić information content (AvgIpc) is 3.10. The largest absolute Gasteiger partial charge is 0.371 e. The lowest BCUT2D eigenvalue weighted by Gasteiger charge is -2.09. The van der Waals surface area contributed by atoms with Gasteiger partial charge in [-0.25, -0.2) is 0 Å². The number of hydrogen-bond donors (Lipinski definition) is 1. The molecule has 1 aromatic rings. The zero-order valence-corrected chi connectivity index (χ0v) is 8.13. The molecule has 80 valence electrons. The summed E-state index contributed by atoms with van der Waals surface area (Å²) in [6.45, 7) is 0.909. The first-order valence-electron chi connectivity index (χ1n) is 4.78. The quantitative estimate of drug-likeness (QED) is 0.437. The number of benzene rings is 1. The number of aliphatic hydroxyl groups is 1. The van der Waals surface area contributed by atoms with Crippen molar-refractivity contribution in [3.05, 3.63) is 35.9 Å². The summed E-state index contributed by atoms with van der Waals surface area (Å²) in [6, 6.07) is 8.57. The van der Waals surface area contributed by atoms with Crippen LogP contribution in [0, 0.1) is 0 Å². The van der Waals surface area contributed by atoms with Crippen molar-refractivity contribution >= 4 is 5.78 Å². The second-order valence-electron chi connectivity index (χ2n) is 3.37. The van der Waals surface area contributed by atoms with Gasteiger partial charge < -0.3 is 14.6 Å². The lowest BCUT2D eigenvalue weighted by atomic mass is 10.1. The second kappa shape index (κ2) is 4.53. The molecule has 1 heterocycles. The molecule has 2 atom stereocenters. The third-order valence-electron chi connectivity index (χ3n) is 2.12. The van der Waals surface area contributed by atoms with E-state index in [1.54, 1.807) is 24.3 Å². The monoisotopic (exact) mass is 208 g/mol. The van der Waals surface area contributed by atoms with Crippen LogP contribution < -0.4 is 0 Å². The van der Waals surface area contributed by atoms with Gasteiger partial charge in [0, 0.05) is 5.56 Å². The fourth-order valence-electron chi connectivity index (χ4n) is 1.18. The first-order chi connectivity index (χ1) is 7.27. The van der Waals surface area contributed by atoms with Crippen molar-refractivity contribution in [1.82, 2.24) is 0 Å². The molecule has 15 heavy (non-hydrogen) atoms. The summed E-state index contributed by atoms with van der Waals surface area (Å²) >= 11 is 0. The van der Waals surface area contributed by atoms with Crippen LogP contribution in [0.4, 0.5) is 0 Å². The smallest absolute Gasteiger partial charge is 0.220 e. The van der Waals surface area contributed by atoms with Crippen LogP contribution in [-0.2, 0) is 9.47 Å². The van der Waals surface area contributed by atoms with Gasteiger partial charge in [-0.3, -0.25) is 4.79 Å². The summed E-state index contributed by atoms with van der Waals surface area (Å²) in [5, 5.41) is 9.42. The zero-order valence-electron chi connectivity index (χ0n) is 8.13. The Morgan fingerprint density at radius 1 is 1.53 bits per heavy atom. The SMILES string of the molecule is O=C(c1ccccc1)C(O)OCC1CO1. The summed E-state index contributed by atoms with van der Waals surface area (Å²) in [6.07, 6.45) is -1.35. The topological polar surface area (TPSA) is 59.1 Å². The third kappa shape index (κ3) is 2.86. The molecule has 4 nitrogen and oxygen atoms in total. The summed E-state index contributed by atoms with van der Waals surface area (Å²) < 4.78 is 9.86. The van der Waals surface area contributed by atoms with Gasteiger partial charge in [0.15, 0.2) is 0 Å². The Hall–Kier alpha value is -1.23. The van der Waals surface area contributed by atoms with Gasteiger partial charge in [-0.05, 0) is 0 Å². The Morgan fingerprint density at radius 2 is 2.20 bits per heavy atom. The van der Waals surface area contributed by atoms with Crippen molar-refractivity contribution in [2.24, 2.45) is 0 Å². The fraction of sp³-hybridized carbons (Fsp3) is 0.364. The molecule has 0 aliphatic carbocycles. The van der Waals surface area contributed by atoms with Crippen LogP contribution in [0.15, 0.2) is 30.3 Å². The van der Waals surface area contributed by atoms with Gasteiger partial charge in [0.1, 0.15) is 6.10 Å². The minimum atomic E-state index is -1.39. The molecule has 1 aromatic carbocycles. The molecule has 1 N–H and O–H groups in total. The summed E-state index contributed by atoms with van der Waals surface area (Å²) in [7, 11) is 0. The minimum Gasteiger partial charge on any atom is -0.371 e. The number of Topliss-reactive ketones (excluding diaryl/α,β-unsaturated/α-hetero) is 1. The van der Waals surface area contributed by atoms with Crippen LogP contribution in [0.3, 0.4) is 0 Å². The molecule has 0 amide bonds. The normalized spacial score (nSPS) is 21.0. The highest BCUT2D eigenvalue weighted by atomic mass is 16.6. The standard InChI is InChI=1S/C11H12O4/c12-10(8-4-2-1-3-5-8)11(13)15-7-9-6-14-9/h1-5,9,11,13H,6-7H2. The number of hydrogen-bond acceptors (Lipinski definition) is 4. The van der Waals surface area contributed by atoms with Crippen LogP contribution in [0.1, 0.15) is 10.4 Å². The molecule has 0 spiro atoms. The van der Waals surface area contributed by atoms with E-state index < -0.39 is 12.1 Å². The highest BCUT2D eigenvalue weighted by molar-refractivity contribution is 5.98. The maximum atomic E-state index is 11.6. The lowest BCUT2D eigenvalue weighted by molar-refractivity contribution is -0.0756. The molecule has 0 aromatic heterocycles. The minimum absolute atomic E-state index is 0.0447. The fourth-order valence-corrected chi connectivity index (χ4v) is 1.18. The molecule has 1 aliphatic rings. The van der Waals surface area contributed by atoms with Crippen molar-refractivity contribution in [2.75, 3.05) is 13.2 Å². The lowest BCUT2D eigenvalue weighted by Crippen LogP contribution is -2.25. The Kier molecular flexibility index (Phi) is 3.11. The predicted octanol–water partition coefficient (Wildman–Crippen LogP) is 0.603. The summed E-state index contributed by atoms with van der Waals surface area (Å²) in [5.41, 5.74) is 0.446. The van der Waals surface area contributed by atoms with E-state index in [9.17, 15) is 9.90 Å². The van der Waals surface area contributed by atoms with Crippen molar-refractivity contribution in [3.8, 4) is 0 Å². The van der Waals surface area contributed by atoms with E-state index in [0.29, 0.717) is 12.2 Å². The van der Waals surface area contributed by atoms with E-state index in [2.05, 4.69) is 0 Å². The number of epoxide rings is 1. The van der Waals surface area contributed by atoms with E-state index in [0.717, 1.165) is 0 Å². The van der Waals surface area contributed by atoms with Crippen molar-refractivity contribution in [3.63, 3.8) is 0 Å². The molecule has 2 unspecified atom stereocenters. The molecule has 0 bridgehead atoms.